The van der Waals surface area contributed by atoms with Crippen LogP contribution in [-0.4, -0.2) is 30.9 Å². The van der Waals surface area contributed by atoms with Crippen molar-refractivity contribution in [3.05, 3.63) is 0 Å². The molecule has 0 aromatic rings. The van der Waals surface area contributed by atoms with E-state index in [9.17, 15) is 0 Å². The molecule has 9 heavy (non-hydrogen) atoms. The van der Waals surface area contributed by atoms with Crippen LogP contribution in [0.4, 0.5) is 0 Å². The van der Waals surface area contributed by atoms with Crippen LogP contribution in [0.5, 0.6) is 0 Å². The fourth-order valence-electron chi connectivity index (χ4n) is 1.15. The zero-order valence-electron chi connectivity index (χ0n) is 5.64. The van der Waals surface area contributed by atoms with Crippen LogP contribution in [-0.2, 0) is 0 Å². The van der Waals surface area contributed by atoms with Gasteiger partial charge in [-0.15, -0.1) is 24.0 Å². The van der Waals surface area contributed by atoms with Crippen molar-refractivity contribution in [2.24, 2.45) is 5.92 Å². The van der Waals surface area contributed by atoms with E-state index in [0.717, 1.165) is 11.8 Å². The molecule has 0 bridgehead atoms. The van der Waals surface area contributed by atoms with E-state index in [1.54, 1.807) is 0 Å². The first-order valence-electron chi connectivity index (χ1n) is 3.07. The second-order valence-corrected chi connectivity index (χ2v) is 2.88. The minimum Gasteiger partial charge on any atom is -0.306 e. The summed E-state index contributed by atoms with van der Waals surface area (Å²) in [6.07, 6.45) is 1.29. The van der Waals surface area contributed by atoms with Crippen molar-refractivity contribution in [2.45, 2.75) is 6.42 Å². The predicted molar refractivity (Wildman–Crippen MR) is 43.6 cm³/mol. The lowest BCUT2D eigenvalue weighted by molar-refractivity contribution is 0.402. The number of rotatable bonds is 1. The summed E-state index contributed by atoms with van der Waals surface area (Å²) in [5.41, 5.74) is 0. The minimum atomic E-state index is 0. The average molecular weight is 170 g/mol. The molecule has 1 heterocycles. The molecule has 1 atom stereocenters. The molecule has 1 rings (SSSR count). The predicted octanol–water partition coefficient (Wildman–Crippen LogP) is 1.60. The first kappa shape index (κ1) is 9.54. The third-order valence-corrected chi connectivity index (χ3v) is 2.14. The zero-order valence-corrected chi connectivity index (χ0v) is 7.21. The Morgan fingerprint density at radius 2 is 2.33 bits per heavy atom. The lowest BCUT2D eigenvalue weighted by Crippen LogP contribution is -2.14. The first-order chi connectivity index (χ1) is 3.83. The van der Waals surface area contributed by atoms with Crippen LogP contribution in [0.2, 0.25) is 0 Å². The van der Waals surface area contributed by atoms with Crippen molar-refractivity contribution in [1.29, 1.82) is 0 Å². The maximum absolute atomic E-state index is 5.65. The third kappa shape index (κ3) is 2.74. The molecule has 3 heteroatoms. The Labute approximate surface area is 67.8 Å². The second kappa shape index (κ2) is 4.37. The Morgan fingerprint density at radius 1 is 1.67 bits per heavy atom. The summed E-state index contributed by atoms with van der Waals surface area (Å²) < 4.78 is 0. The number of halogens is 2. The Kier molecular flexibility index (Phi) is 4.63. The maximum atomic E-state index is 5.65. The molecule has 0 aromatic carbocycles. The standard InChI is InChI=1S/C6H12ClN.ClH/c1-8-3-2-6(4-7)5-8;/h6H,2-5H2,1H3;1H. The van der Waals surface area contributed by atoms with E-state index in [1.165, 1.54) is 19.5 Å². The summed E-state index contributed by atoms with van der Waals surface area (Å²) in [6, 6.07) is 0. The minimum absolute atomic E-state index is 0. The quantitative estimate of drug-likeness (QED) is 0.540. The van der Waals surface area contributed by atoms with Crippen molar-refractivity contribution in [3.63, 3.8) is 0 Å². The molecule has 0 amide bonds. The average Bonchev–Trinajstić information content (AvgIpc) is 2.14. The number of alkyl halides is 1. The highest BCUT2D eigenvalue weighted by Gasteiger charge is 2.17. The van der Waals surface area contributed by atoms with E-state index in [1.807, 2.05) is 0 Å². The number of likely N-dealkylation sites (tertiary alicyclic amines) is 1. The summed E-state index contributed by atoms with van der Waals surface area (Å²) >= 11 is 5.65. The van der Waals surface area contributed by atoms with Gasteiger partial charge in [0.1, 0.15) is 0 Å². The van der Waals surface area contributed by atoms with Gasteiger partial charge in [0.15, 0.2) is 0 Å². The van der Waals surface area contributed by atoms with Crippen LogP contribution in [0, 0.1) is 5.92 Å². The molecular formula is C6H13Cl2N. The van der Waals surface area contributed by atoms with Gasteiger partial charge in [-0.25, -0.2) is 0 Å². The van der Waals surface area contributed by atoms with Crippen molar-refractivity contribution in [3.8, 4) is 0 Å². The third-order valence-electron chi connectivity index (χ3n) is 1.71. The Morgan fingerprint density at radius 3 is 2.56 bits per heavy atom. The van der Waals surface area contributed by atoms with E-state index >= 15 is 0 Å². The summed E-state index contributed by atoms with van der Waals surface area (Å²) in [5, 5.41) is 0. The SMILES string of the molecule is CN1CCC(CCl)C1.Cl. The van der Waals surface area contributed by atoms with Crippen molar-refractivity contribution in [2.75, 3.05) is 26.0 Å². The van der Waals surface area contributed by atoms with E-state index in [-0.39, 0.29) is 12.4 Å². The van der Waals surface area contributed by atoms with Gasteiger partial charge >= 0.3 is 0 Å². The normalized spacial score (nSPS) is 28.0. The Bertz CT molecular complexity index is 77.5. The van der Waals surface area contributed by atoms with Gasteiger partial charge in [0.05, 0.1) is 0 Å². The first-order valence-corrected chi connectivity index (χ1v) is 3.61. The van der Waals surface area contributed by atoms with Crippen LogP contribution in [0.1, 0.15) is 6.42 Å². The molecule has 1 aliphatic rings. The summed E-state index contributed by atoms with van der Waals surface area (Å²) in [6.45, 7) is 2.43. The molecule has 0 saturated carbocycles. The molecule has 56 valence electrons. The number of hydrogen-bond donors (Lipinski definition) is 0. The Hall–Kier alpha value is 0.540. The van der Waals surface area contributed by atoms with Crippen LogP contribution in [0.15, 0.2) is 0 Å². The molecule has 1 saturated heterocycles. The zero-order chi connectivity index (χ0) is 5.98. The van der Waals surface area contributed by atoms with Gasteiger partial charge in [0.25, 0.3) is 0 Å². The van der Waals surface area contributed by atoms with Gasteiger partial charge in [-0.2, -0.15) is 0 Å². The highest BCUT2D eigenvalue weighted by Crippen LogP contribution is 2.14. The number of nitrogens with zero attached hydrogens (tertiary/aromatic N) is 1. The maximum Gasteiger partial charge on any atom is 0.0264 e. The molecule has 1 fully saturated rings. The van der Waals surface area contributed by atoms with Gasteiger partial charge in [-0.3, -0.25) is 0 Å². The van der Waals surface area contributed by atoms with E-state index in [4.69, 9.17) is 11.6 Å². The second-order valence-electron chi connectivity index (χ2n) is 2.57. The largest absolute Gasteiger partial charge is 0.306 e. The summed E-state index contributed by atoms with van der Waals surface area (Å²) in [5.74, 6) is 1.60. The van der Waals surface area contributed by atoms with E-state index in [2.05, 4.69) is 11.9 Å². The van der Waals surface area contributed by atoms with E-state index < -0.39 is 0 Å². The molecule has 1 nitrogen and oxygen atoms in total. The molecule has 0 spiro atoms. The highest BCUT2D eigenvalue weighted by molar-refractivity contribution is 6.18. The molecule has 1 unspecified atom stereocenters. The monoisotopic (exact) mass is 169 g/mol. The van der Waals surface area contributed by atoms with Crippen molar-refractivity contribution in [1.82, 2.24) is 4.90 Å². The van der Waals surface area contributed by atoms with Gasteiger partial charge in [0, 0.05) is 12.4 Å². The fourth-order valence-corrected chi connectivity index (χ4v) is 1.40. The lowest BCUT2D eigenvalue weighted by Gasteiger charge is -2.05. The van der Waals surface area contributed by atoms with Crippen LogP contribution < -0.4 is 0 Å². The highest BCUT2D eigenvalue weighted by atomic mass is 35.5. The van der Waals surface area contributed by atoms with E-state index in [0.29, 0.717) is 0 Å². The lowest BCUT2D eigenvalue weighted by atomic mass is 10.2. The molecule has 0 N–H and O–H groups in total. The van der Waals surface area contributed by atoms with Crippen molar-refractivity contribution < 1.29 is 0 Å². The van der Waals surface area contributed by atoms with Gasteiger partial charge in [-0.1, -0.05) is 0 Å². The van der Waals surface area contributed by atoms with Gasteiger partial charge in [0.2, 0.25) is 0 Å². The molecule has 0 aromatic heterocycles. The van der Waals surface area contributed by atoms with Gasteiger partial charge < -0.3 is 4.90 Å². The summed E-state index contributed by atoms with van der Waals surface area (Å²) in [4.78, 5) is 2.33. The molecule has 0 aliphatic carbocycles. The van der Waals surface area contributed by atoms with Gasteiger partial charge in [-0.05, 0) is 25.9 Å². The fraction of sp³-hybridized carbons (Fsp3) is 1.00. The topological polar surface area (TPSA) is 3.24 Å². The van der Waals surface area contributed by atoms with Crippen molar-refractivity contribution >= 4 is 24.0 Å². The summed E-state index contributed by atoms with van der Waals surface area (Å²) in [7, 11) is 2.15. The van der Waals surface area contributed by atoms with Crippen LogP contribution >= 0.6 is 24.0 Å². The Balaban J connectivity index is 0.000000640. The van der Waals surface area contributed by atoms with Crippen LogP contribution in [0.3, 0.4) is 0 Å². The number of hydrogen-bond acceptors (Lipinski definition) is 1. The molecule has 1 aliphatic heterocycles. The molecular weight excluding hydrogens is 157 g/mol. The smallest absolute Gasteiger partial charge is 0.0264 e. The van der Waals surface area contributed by atoms with Crippen LogP contribution in [0.25, 0.3) is 0 Å². The molecule has 0 radical (unpaired) electrons.